The van der Waals surface area contributed by atoms with Crippen molar-refractivity contribution in [3.8, 4) is 0 Å². The zero-order valence-corrected chi connectivity index (χ0v) is 16.8. The number of benzene rings is 1. The molecule has 5 unspecified atom stereocenters. The topological polar surface area (TPSA) is 38.8 Å². The van der Waals surface area contributed by atoms with Crippen molar-refractivity contribution in [1.29, 1.82) is 0 Å². The van der Waals surface area contributed by atoms with Crippen LogP contribution >= 0.6 is 0 Å². The van der Waals surface area contributed by atoms with Crippen LogP contribution in [0, 0.1) is 23.2 Å². The Morgan fingerprint density at radius 1 is 1.27 bits per heavy atom. The van der Waals surface area contributed by atoms with E-state index in [1.165, 1.54) is 23.7 Å². The Morgan fingerprint density at radius 2 is 1.92 bits per heavy atom. The molecule has 0 amide bonds. The number of fused-ring (bicyclic) bond motifs is 2. The van der Waals surface area contributed by atoms with Crippen molar-refractivity contribution >= 4 is 11.7 Å². The van der Waals surface area contributed by atoms with Crippen molar-refractivity contribution in [3.05, 3.63) is 41.5 Å². The Hall–Kier alpha value is -1.81. The lowest BCUT2D eigenvalue weighted by Crippen LogP contribution is -2.54. The number of carbonyl (C=O) groups is 1. The maximum atomic E-state index is 11.4. The number of anilines is 1. The van der Waals surface area contributed by atoms with Gasteiger partial charge in [0.15, 0.2) is 0 Å². The standard InChI is InChI=1S/C22H31NO3/c1-14-11-15(2)22(12-25-17(4)24)13-26-21(20(14)16(22)3)18-7-9-19(10-8-18)23(5)6/h7-11,15-16,20-21H,12-13H2,1-6H3. The molecule has 142 valence electrons. The largest absolute Gasteiger partial charge is 0.465 e. The van der Waals surface area contributed by atoms with Gasteiger partial charge in [0.05, 0.1) is 19.3 Å². The summed E-state index contributed by atoms with van der Waals surface area (Å²) >= 11 is 0. The minimum absolute atomic E-state index is 0.0513. The van der Waals surface area contributed by atoms with Gasteiger partial charge in [0.2, 0.25) is 0 Å². The Bertz CT molecular complexity index is 694. The SMILES string of the molecule is CC(=O)OCC12COC(c3ccc(N(C)C)cc3)C(C(C)=CC1C)C2C. The third-order valence-corrected chi connectivity index (χ3v) is 6.53. The highest BCUT2D eigenvalue weighted by Gasteiger charge is 2.54. The predicted octanol–water partition coefficient (Wildman–Crippen LogP) is 4.22. The van der Waals surface area contributed by atoms with E-state index in [4.69, 9.17) is 9.47 Å². The van der Waals surface area contributed by atoms with Gasteiger partial charge in [0, 0.05) is 38.0 Å². The molecule has 1 heterocycles. The summed E-state index contributed by atoms with van der Waals surface area (Å²) in [4.78, 5) is 13.5. The predicted molar refractivity (Wildman–Crippen MR) is 104 cm³/mol. The molecule has 0 N–H and O–H groups in total. The molecule has 1 fully saturated rings. The van der Waals surface area contributed by atoms with Gasteiger partial charge in [0.25, 0.3) is 0 Å². The molecule has 0 spiro atoms. The van der Waals surface area contributed by atoms with Crippen LogP contribution in [0.2, 0.25) is 0 Å². The van der Waals surface area contributed by atoms with Gasteiger partial charge in [-0.2, -0.15) is 0 Å². The molecule has 4 nitrogen and oxygen atoms in total. The highest BCUT2D eigenvalue weighted by Crippen LogP contribution is 2.56. The molecule has 1 aromatic carbocycles. The maximum absolute atomic E-state index is 11.4. The Labute approximate surface area is 157 Å². The van der Waals surface area contributed by atoms with Crippen molar-refractivity contribution in [1.82, 2.24) is 0 Å². The Kier molecular flexibility index (Phi) is 5.16. The number of ether oxygens (including phenoxy) is 2. The summed E-state index contributed by atoms with van der Waals surface area (Å²) in [5.41, 5.74) is 3.64. The number of nitrogens with zero attached hydrogens (tertiary/aromatic N) is 1. The molecular formula is C22H31NO3. The van der Waals surface area contributed by atoms with E-state index in [1.807, 2.05) is 14.1 Å². The summed E-state index contributed by atoms with van der Waals surface area (Å²) in [5.74, 6) is 0.794. The van der Waals surface area contributed by atoms with E-state index in [0.29, 0.717) is 31.0 Å². The van der Waals surface area contributed by atoms with E-state index >= 15 is 0 Å². The van der Waals surface area contributed by atoms with Crippen LogP contribution in [0.15, 0.2) is 35.9 Å². The van der Waals surface area contributed by atoms with Crippen LogP contribution in [0.25, 0.3) is 0 Å². The number of carbonyl (C=O) groups excluding carboxylic acids is 1. The van der Waals surface area contributed by atoms with Crippen molar-refractivity contribution in [2.45, 2.75) is 33.8 Å². The van der Waals surface area contributed by atoms with Crippen LogP contribution in [-0.4, -0.2) is 33.3 Å². The van der Waals surface area contributed by atoms with Gasteiger partial charge in [-0.1, -0.05) is 37.6 Å². The summed E-state index contributed by atoms with van der Waals surface area (Å²) in [7, 11) is 4.10. The highest BCUT2D eigenvalue weighted by molar-refractivity contribution is 5.66. The van der Waals surface area contributed by atoms with Crippen LogP contribution in [0.4, 0.5) is 5.69 Å². The molecule has 1 aromatic rings. The molecular weight excluding hydrogens is 326 g/mol. The molecule has 2 bridgehead atoms. The fraction of sp³-hybridized carbons (Fsp3) is 0.591. The minimum atomic E-state index is -0.219. The smallest absolute Gasteiger partial charge is 0.302 e. The molecule has 1 aliphatic heterocycles. The van der Waals surface area contributed by atoms with Gasteiger partial charge in [-0.3, -0.25) is 4.79 Å². The third kappa shape index (κ3) is 3.16. The summed E-state index contributed by atoms with van der Waals surface area (Å²) in [6.07, 6.45) is 2.41. The van der Waals surface area contributed by atoms with E-state index in [1.54, 1.807) is 0 Å². The molecule has 26 heavy (non-hydrogen) atoms. The molecule has 1 aliphatic carbocycles. The number of hydrogen-bond acceptors (Lipinski definition) is 4. The number of allylic oxidation sites excluding steroid dienone is 1. The van der Waals surface area contributed by atoms with Crippen molar-refractivity contribution in [2.24, 2.45) is 23.2 Å². The van der Waals surface area contributed by atoms with Crippen molar-refractivity contribution in [3.63, 3.8) is 0 Å². The van der Waals surface area contributed by atoms with Gasteiger partial charge in [-0.15, -0.1) is 0 Å². The zero-order valence-electron chi connectivity index (χ0n) is 16.8. The summed E-state index contributed by atoms with van der Waals surface area (Å²) in [6, 6.07) is 8.65. The second-order valence-electron chi connectivity index (χ2n) is 8.24. The first-order valence-corrected chi connectivity index (χ1v) is 9.47. The number of esters is 1. The Balaban J connectivity index is 1.91. The number of hydrogen-bond donors (Lipinski definition) is 0. The van der Waals surface area contributed by atoms with E-state index in [9.17, 15) is 4.79 Å². The summed E-state index contributed by atoms with van der Waals surface area (Å²) in [6.45, 7) is 9.25. The second kappa shape index (κ2) is 7.07. The molecule has 2 aliphatic rings. The minimum Gasteiger partial charge on any atom is -0.465 e. The lowest BCUT2D eigenvalue weighted by Gasteiger charge is -2.55. The molecule has 0 aromatic heterocycles. The highest BCUT2D eigenvalue weighted by atomic mass is 16.5. The molecule has 3 rings (SSSR count). The molecule has 5 atom stereocenters. The molecule has 0 radical (unpaired) electrons. The fourth-order valence-electron chi connectivity index (χ4n) is 4.76. The van der Waals surface area contributed by atoms with Crippen molar-refractivity contribution < 1.29 is 14.3 Å². The average molecular weight is 357 g/mol. The first-order chi connectivity index (χ1) is 12.3. The lowest BCUT2D eigenvalue weighted by atomic mass is 9.56. The third-order valence-electron chi connectivity index (χ3n) is 6.53. The van der Waals surface area contributed by atoms with Gasteiger partial charge >= 0.3 is 5.97 Å². The van der Waals surface area contributed by atoms with Crippen molar-refractivity contribution in [2.75, 3.05) is 32.2 Å². The van der Waals surface area contributed by atoms with Crippen LogP contribution < -0.4 is 4.90 Å². The van der Waals surface area contributed by atoms with Gasteiger partial charge in [-0.25, -0.2) is 0 Å². The number of rotatable bonds is 4. The van der Waals surface area contributed by atoms with E-state index < -0.39 is 0 Å². The molecule has 1 saturated heterocycles. The lowest BCUT2D eigenvalue weighted by molar-refractivity contribution is -0.180. The quantitative estimate of drug-likeness (QED) is 0.597. The normalized spacial score (nSPS) is 33.4. The second-order valence-corrected chi connectivity index (χ2v) is 8.24. The zero-order chi connectivity index (χ0) is 19.1. The first-order valence-electron chi connectivity index (χ1n) is 9.47. The van der Waals surface area contributed by atoms with Crippen LogP contribution in [0.5, 0.6) is 0 Å². The van der Waals surface area contributed by atoms with E-state index in [0.717, 1.165) is 0 Å². The van der Waals surface area contributed by atoms with Crippen LogP contribution in [0.3, 0.4) is 0 Å². The fourth-order valence-corrected chi connectivity index (χ4v) is 4.76. The van der Waals surface area contributed by atoms with Gasteiger partial charge in [-0.05, 0) is 36.5 Å². The summed E-state index contributed by atoms with van der Waals surface area (Å²) < 4.78 is 11.9. The van der Waals surface area contributed by atoms with Gasteiger partial charge < -0.3 is 14.4 Å². The first kappa shape index (κ1) is 19.0. The Morgan fingerprint density at radius 3 is 2.50 bits per heavy atom. The molecule has 0 saturated carbocycles. The van der Waals surface area contributed by atoms with Crippen LogP contribution in [0.1, 0.15) is 39.4 Å². The summed E-state index contributed by atoms with van der Waals surface area (Å²) in [5, 5.41) is 0. The van der Waals surface area contributed by atoms with Crippen LogP contribution in [-0.2, 0) is 14.3 Å². The van der Waals surface area contributed by atoms with E-state index in [2.05, 4.69) is 56.0 Å². The maximum Gasteiger partial charge on any atom is 0.302 e. The monoisotopic (exact) mass is 357 g/mol. The van der Waals surface area contributed by atoms with E-state index in [-0.39, 0.29) is 17.5 Å². The average Bonchev–Trinajstić information content (AvgIpc) is 2.59. The van der Waals surface area contributed by atoms with Gasteiger partial charge in [0.1, 0.15) is 0 Å². The molecule has 4 heteroatoms.